The van der Waals surface area contributed by atoms with Gasteiger partial charge in [0.1, 0.15) is 5.75 Å². The van der Waals surface area contributed by atoms with Crippen LogP contribution in [0.5, 0.6) is 5.75 Å². The summed E-state index contributed by atoms with van der Waals surface area (Å²) in [4.78, 5) is 29.2. The second kappa shape index (κ2) is 9.89. The Hall–Kier alpha value is -2.12. The maximum Gasteiger partial charge on any atom is 0.251 e. The molecule has 7 heteroatoms. The van der Waals surface area contributed by atoms with Crippen LogP contribution in [0.4, 0.5) is 0 Å². The van der Waals surface area contributed by atoms with Crippen molar-refractivity contribution in [1.82, 2.24) is 15.1 Å². The third-order valence-electron chi connectivity index (χ3n) is 5.81. The number of carbonyl (C=O) groups is 2. The first kappa shape index (κ1) is 20.6. The third-order valence-corrected chi connectivity index (χ3v) is 5.81. The molecule has 0 bridgehead atoms. The Labute approximate surface area is 167 Å². The van der Waals surface area contributed by atoms with Gasteiger partial charge in [0.15, 0.2) is 0 Å². The fourth-order valence-electron chi connectivity index (χ4n) is 4.07. The lowest BCUT2D eigenvalue weighted by molar-refractivity contribution is -0.138. The fourth-order valence-corrected chi connectivity index (χ4v) is 4.07. The molecule has 3 rings (SSSR count). The summed E-state index contributed by atoms with van der Waals surface area (Å²) in [5.41, 5.74) is 6.66. The molecule has 154 valence electrons. The van der Waals surface area contributed by atoms with E-state index < -0.39 is 0 Å². The Morgan fingerprint density at radius 2 is 1.86 bits per heavy atom. The van der Waals surface area contributed by atoms with E-state index in [1.54, 1.807) is 31.4 Å². The SMILES string of the molecule is COc1ccc(C(=O)NCCN2CCN(C(=O)C3CCCC(N)C3)CC2)cc1. The van der Waals surface area contributed by atoms with E-state index in [-0.39, 0.29) is 23.8 Å². The molecule has 1 heterocycles. The van der Waals surface area contributed by atoms with Crippen molar-refractivity contribution in [2.75, 3.05) is 46.4 Å². The fraction of sp³-hybridized carbons (Fsp3) is 0.619. The van der Waals surface area contributed by atoms with Gasteiger partial charge in [-0.25, -0.2) is 0 Å². The van der Waals surface area contributed by atoms with Gasteiger partial charge in [-0.3, -0.25) is 14.5 Å². The van der Waals surface area contributed by atoms with Gasteiger partial charge in [0, 0.05) is 56.8 Å². The Bertz CT molecular complexity index is 656. The lowest BCUT2D eigenvalue weighted by Gasteiger charge is -2.37. The molecule has 0 aromatic heterocycles. The summed E-state index contributed by atoms with van der Waals surface area (Å²) >= 11 is 0. The van der Waals surface area contributed by atoms with Gasteiger partial charge in [-0.15, -0.1) is 0 Å². The molecule has 28 heavy (non-hydrogen) atoms. The monoisotopic (exact) mass is 388 g/mol. The molecule has 1 aliphatic carbocycles. The van der Waals surface area contributed by atoms with Crippen molar-refractivity contribution >= 4 is 11.8 Å². The molecule has 1 aliphatic heterocycles. The van der Waals surface area contributed by atoms with E-state index in [1.165, 1.54) is 0 Å². The molecule has 2 atom stereocenters. The molecule has 2 amide bonds. The zero-order valence-electron chi connectivity index (χ0n) is 16.7. The molecular weight excluding hydrogens is 356 g/mol. The Balaban J connectivity index is 1.36. The summed E-state index contributed by atoms with van der Waals surface area (Å²) < 4.78 is 5.11. The van der Waals surface area contributed by atoms with Crippen LogP contribution in [0, 0.1) is 5.92 Å². The number of nitrogens with one attached hydrogen (secondary N) is 1. The van der Waals surface area contributed by atoms with E-state index in [0.29, 0.717) is 12.1 Å². The Kier molecular flexibility index (Phi) is 7.28. The maximum atomic E-state index is 12.7. The highest BCUT2D eigenvalue weighted by Crippen LogP contribution is 2.25. The van der Waals surface area contributed by atoms with Crippen molar-refractivity contribution in [3.63, 3.8) is 0 Å². The molecule has 0 spiro atoms. The van der Waals surface area contributed by atoms with Crippen LogP contribution in [0.1, 0.15) is 36.0 Å². The molecule has 1 aromatic carbocycles. The lowest BCUT2D eigenvalue weighted by atomic mass is 9.85. The summed E-state index contributed by atoms with van der Waals surface area (Å²) in [5, 5.41) is 2.96. The van der Waals surface area contributed by atoms with Crippen LogP contribution < -0.4 is 15.8 Å². The number of ether oxygens (including phenoxy) is 1. The van der Waals surface area contributed by atoms with E-state index in [1.807, 2.05) is 4.90 Å². The van der Waals surface area contributed by atoms with Gasteiger partial charge in [0.2, 0.25) is 5.91 Å². The Morgan fingerprint density at radius 1 is 1.14 bits per heavy atom. The molecule has 2 aliphatic rings. The van der Waals surface area contributed by atoms with Gasteiger partial charge >= 0.3 is 0 Å². The summed E-state index contributed by atoms with van der Waals surface area (Å²) in [6, 6.07) is 7.26. The minimum absolute atomic E-state index is 0.0786. The van der Waals surface area contributed by atoms with E-state index in [9.17, 15) is 9.59 Å². The second-order valence-electron chi connectivity index (χ2n) is 7.77. The van der Waals surface area contributed by atoms with E-state index in [4.69, 9.17) is 10.5 Å². The van der Waals surface area contributed by atoms with Crippen molar-refractivity contribution in [2.45, 2.75) is 31.7 Å². The third kappa shape index (κ3) is 5.45. The second-order valence-corrected chi connectivity index (χ2v) is 7.77. The number of methoxy groups -OCH3 is 1. The van der Waals surface area contributed by atoms with Crippen molar-refractivity contribution in [3.05, 3.63) is 29.8 Å². The van der Waals surface area contributed by atoms with Gasteiger partial charge in [-0.2, -0.15) is 0 Å². The van der Waals surface area contributed by atoms with Gasteiger partial charge in [0.05, 0.1) is 7.11 Å². The standard InChI is InChI=1S/C21H32N4O3/c1-28-19-7-5-16(6-8-19)20(26)23-9-10-24-11-13-25(14-12-24)21(27)17-3-2-4-18(22)15-17/h5-8,17-18H,2-4,9-15,22H2,1H3,(H,23,26). The zero-order chi connectivity index (χ0) is 19.9. The number of nitrogens with zero attached hydrogens (tertiary/aromatic N) is 2. The first-order valence-corrected chi connectivity index (χ1v) is 10.3. The predicted octanol–water partition coefficient (Wildman–Crippen LogP) is 1.09. The summed E-state index contributed by atoms with van der Waals surface area (Å²) in [6.45, 7) is 4.61. The number of nitrogens with two attached hydrogens (primary N) is 1. The van der Waals surface area contributed by atoms with Crippen LogP contribution in [0.15, 0.2) is 24.3 Å². The molecule has 2 unspecified atom stereocenters. The molecule has 1 saturated carbocycles. The first-order valence-electron chi connectivity index (χ1n) is 10.3. The molecule has 7 nitrogen and oxygen atoms in total. The number of hydrogen-bond acceptors (Lipinski definition) is 5. The van der Waals surface area contributed by atoms with E-state index >= 15 is 0 Å². The lowest BCUT2D eigenvalue weighted by Crippen LogP contribution is -2.52. The number of hydrogen-bond donors (Lipinski definition) is 2. The number of carbonyl (C=O) groups excluding carboxylic acids is 2. The van der Waals surface area contributed by atoms with E-state index in [2.05, 4.69) is 10.2 Å². The number of benzene rings is 1. The average Bonchev–Trinajstić information content (AvgIpc) is 2.73. The predicted molar refractivity (Wildman–Crippen MR) is 108 cm³/mol. The number of rotatable bonds is 6. The molecule has 2 fully saturated rings. The van der Waals surface area contributed by atoms with Crippen molar-refractivity contribution in [3.8, 4) is 5.75 Å². The molecule has 1 aromatic rings. The highest BCUT2D eigenvalue weighted by Gasteiger charge is 2.30. The maximum absolute atomic E-state index is 12.7. The summed E-state index contributed by atoms with van der Waals surface area (Å²) in [5.74, 6) is 1.05. The molecule has 3 N–H and O–H groups in total. The normalized spacial score (nSPS) is 23.3. The van der Waals surface area contributed by atoms with Crippen molar-refractivity contribution < 1.29 is 14.3 Å². The highest BCUT2D eigenvalue weighted by molar-refractivity contribution is 5.94. The smallest absolute Gasteiger partial charge is 0.251 e. The summed E-state index contributed by atoms with van der Waals surface area (Å²) in [7, 11) is 1.60. The molecule has 0 radical (unpaired) electrons. The average molecular weight is 389 g/mol. The molecule has 1 saturated heterocycles. The number of piperazine rings is 1. The zero-order valence-corrected chi connectivity index (χ0v) is 16.7. The van der Waals surface area contributed by atoms with Crippen molar-refractivity contribution in [2.24, 2.45) is 11.7 Å². The largest absolute Gasteiger partial charge is 0.497 e. The van der Waals surface area contributed by atoms with Gasteiger partial charge in [-0.05, 0) is 43.5 Å². The van der Waals surface area contributed by atoms with Crippen LogP contribution in [-0.4, -0.2) is 74.0 Å². The quantitative estimate of drug-likeness (QED) is 0.762. The highest BCUT2D eigenvalue weighted by atomic mass is 16.5. The van der Waals surface area contributed by atoms with Crippen molar-refractivity contribution in [1.29, 1.82) is 0 Å². The minimum Gasteiger partial charge on any atom is -0.497 e. The molecular formula is C21H32N4O3. The van der Waals surface area contributed by atoms with Crippen LogP contribution in [-0.2, 0) is 4.79 Å². The van der Waals surface area contributed by atoms with Gasteiger partial charge in [-0.1, -0.05) is 6.42 Å². The first-order chi connectivity index (χ1) is 13.6. The van der Waals surface area contributed by atoms with Crippen LogP contribution in [0.25, 0.3) is 0 Å². The van der Waals surface area contributed by atoms with Crippen LogP contribution in [0.2, 0.25) is 0 Å². The van der Waals surface area contributed by atoms with Gasteiger partial charge < -0.3 is 20.7 Å². The van der Waals surface area contributed by atoms with Crippen LogP contribution >= 0.6 is 0 Å². The van der Waals surface area contributed by atoms with Gasteiger partial charge in [0.25, 0.3) is 5.91 Å². The number of amides is 2. The van der Waals surface area contributed by atoms with Crippen LogP contribution in [0.3, 0.4) is 0 Å². The Morgan fingerprint density at radius 3 is 2.50 bits per heavy atom. The van der Waals surface area contributed by atoms with E-state index in [0.717, 1.165) is 64.2 Å². The topological polar surface area (TPSA) is 87.9 Å². The summed E-state index contributed by atoms with van der Waals surface area (Å²) in [6.07, 6.45) is 3.91. The minimum atomic E-state index is -0.0786.